The topological polar surface area (TPSA) is 52.3 Å². The van der Waals surface area contributed by atoms with Crippen LogP contribution in [0, 0.1) is 5.41 Å². The van der Waals surface area contributed by atoms with Crippen molar-refractivity contribution in [1.29, 1.82) is 0 Å². The van der Waals surface area contributed by atoms with E-state index in [0.717, 1.165) is 6.42 Å². The van der Waals surface area contributed by atoms with Gasteiger partial charge in [-0.3, -0.25) is 4.79 Å². The number of carbonyl (C=O) groups is 1. The first kappa shape index (κ1) is 12.2. The minimum absolute atomic E-state index is 0.221. The summed E-state index contributed by atoms with van der Waals surface area (Å²) in [5.74, 6) is -0.221. The van der Waals surface area contributed by atoms with Crippen LogP contribution in [0.4, 0.5) is 0 Å². The smallest absolute Gasteiger partial charge is 0.312 e. The summed E-state index contributed by atoms with van der Waals surface area (Å²) in [6.45, 7) is 4.33. The molecule has 3 nitrogen and oxygen atoms in total. The average molecular weight is 227 g/mol. The molecule has 2 N–H and O–H groups in total. The maximum Gasteiger partial charge on any atom is 0.312 e. The Bertz CT molecular complexity index is 306. The molecular formula is C11H17NO2S. The Morgan fingerprint density at radius 3 is 2.87 bits per heavy atom. The maximum atomic E-state index is 11.5. The second kappa shape index (κ2) is 5.28. The summed E-state index contributed by atoms with van der Waals surface area (Å²) >= 11 is 1.67. The number of hydrogen-bond donors (Lipinski definition) is 1. The van der Waals surface area contributed by atoms with Crippen LogP contribution in [0.15, 0.2) is 17.5 Å². The quantitative estimate of drug-likeness (QED) is 0.781. The molecule has 0 amide bonds. The number of nitrogens with two attached hydrogens (primary N) is 1. The van der Waals surface area contributed by atoms with Crippen molar-refractivity contribution in [2.45, 2.75) is 20.3 Å². The van der Waals surface area contributed by atoms with Gasteiger partial charge in [0.1, 0.15) is 0 Å². The highest BCUT2D eigenvalue weighted by molar-refractivity contribution is 7.09. The molecule has 0 saturated carbocycles. The van der Waals surface area contributed by atoms with Crippen molar-refractivity contribution < 1.29 is 9.53 Å². The van der Waals surface area contributed by atoms with E-state index in [1.54, 1.807) is 25.2 Å². The molecule has 0 aliphatic heterocycles. The summed E-state index contributed by atoms with van der Waals surface area (Å²) in [4.78, 5) is 12.8. The number of hydrogen-bond acceptors (Lipinski definition) is 4. The first-order chi connectivity index (χ1) is 7.06. The fourth-order valence-corrected chi connectivity index (χ4v) is 1.67. The number of rotatable bonds is 5. The average Bonchev–Trinajstić information content (AvgIpc) is 2.70. The molecular weight excluding hydrogens is 210 g/mol. The van der Waals surface area contributed by atoms with E-state index in [0.29, 0.717) is 13.2 Å². The molecule has 0 aliphatic rings. The SMILES string of the molecule is CC(C)(CN)C(=O)OCCc1cccs1. The Morgan fingerprint density at radius 1 is 1.60 bits per heavy atom. The van der Waals surface area contributed by atoms with E-state index in [1.807, 2.05) is 17.5 Å². The maximum absolute atomic E-state index is 11.5. The van der Waals surface area contributed by atoms with Gasteiger partial charge in [0.2, 0.25) is 0 Å². The van der Waals surface area contributed by atoms with Crippen LogP contribution in [0.3, 0.4) is 0 Å². The van der Waals surface area contributed by atoms with Crippen molar-refractivity contribution >= 4 is 17.3 Å². The molecule has 15 heavy (non-hydrogen) atoms. The number of esters is 1. The Kier molecular flexibility index (Phi) is 4.29. The molecule has 84 valence electrons. The van der Waals surface area contributed by atoms with Crippen LogP contribution < -0.4 is 5.73 Å². The van der Waals surface area contributed by atoms with Crippen LogP contribution in [0.2, 0.25) is 0 Å². The van der Waals surface area contributed by atoms with Crippen molar-refractivity contribution in [3.63, 3.8) is 0 Å². The third kappa shape index (κ3) is 3.64. The molecule has 0 radical (unpaired) electrons. The van der Waals surface area contributed by atoms with Crippen molar-refractivity contribution in [1.82, 2.24) is 0 Å². The molecule has 1 aromatic rings. The van der Waals surface area contributed by atoms with E-state index in [-0.39, 0.29) is 5.97 Å². The van der Waals surface area contributed by atoms with Gasteiger partial charge in [0.25, 0.3) is 0 Å². The molecule has 1 aromatic heterocycles. The zero-order valence-corrected chi connectivity index (χ0v) is 9.97. The van der Waals surface area contributed by atoms with Gasteiger partial charge in [-0.2, -0.15) is 0 Å². The summed E-state index contributed by atoms with van der Waals surface area (Å²) in [6.07, 6.45) is 0.782. The predicted octanol–water partition coefficient (Wildman–Crippen LogP) is 1.82. The molecule has 4 heteroatoms. The summed E-state index contributed by atoms with van der Waals surface area (Å²) in [5, 5.41) is 2.01. The van der Waals surface area contributed by atoms with E-state index < -0.39 is 5.41 Å². The summed E-state index contributed by atoms with van der Waals surface area (Å²) < 4.78 is 5.16. The first-order valence-electron chi connectivity index (χ1n) is 4.96. The van der Waals surface area contributed by atoms with Gasteiger partial charge in [-0.15, -0.1) is 11.3 Å². The lowest BCUT2D eigenvalue weighted by Crippen LogP contribution is -2.34. The summed E-state index contributed by atoms with van der Waals surface area (Å²) in [6, 6.07) is 4.03. The molecule has 0 spiro atoms. The van der Waals surface area contributed by atoms with Crippen molar-refractivity contribution in [2.75, 3.05) is 13.2 Å². The molecule has 0 bridgehead atoms. The molecule has 0 unspecified atom stereocenters. The second-order valence-electron chi connectivity index (χ2n) is 4.05. The number of thiophene rings is 1. The molecule has 0 fully saturated rings. The van der Waals surface area contributed by atoms with Gasteiger partial charge in [0, 0.05) is 17.8 Å². The van der Waals surface area contributed by atoms with E-state index in [1.165, 1.54) is 4.88 Å². The van der Waals surface area contributed by atoms with E-state index >= 15 is 0 Å². The highest BCUT2D eigenvalue weighted by atomic mass is 32.1. The minimum atomic E-state index is -0.574. The fraction of sp³-hybridized carbons (Fsp3) is 0.545. The third-order valence-corrected chi connectivity index (χ3v) is 3.16. The van der Waals surface area contributed by atoms with Crippen molar-refractivity contribution in [3.05, 3.63) is 22.4 Å². The molecule has 0 aromatic carbocycles. The van der Waals surface area contributed by atoms with Crippen molar-refractivity contribution in [2.24, 2.45) is 11.1 Å². The third-order valence-electron chi connectivity index (χ3n) is 2.22. The first-order valence-corrected chi connectivity index (χ1v) is 5.84. The van der Waals surface area contributed by atoms with Gasteiger partial charge >= 0.3 is 5.97 Å². The van der Waals surface area contributed by atoms with Crippen LogP contribution >= 0.6 is 11.3 Å². The number of ether oxygens (including phenoxy) is 1. The largest absolute Gasteiger partial charge is 0.465 e. The summed E-state index contributed by atoms with van der Waals surface area (Å²) in [5.41, 5.74) is 4.90. The van der Waals surface area contributed by atoms with E-state index in [9.17, 15) is 4.79 Å². The van der Waals surface area contributed by atoms with Crippen LogP contribution in [0.1, 0.15) is 18.7 Å². The van der Waals surface area contributed by atoms with E-state index in [4.69, 9.17) is 10.5 Å². The Labute approximate surface area is 94.2 Å². The molecule has 1 rings (SSSR count). The monoisotopic (exact) mass is 227 g/mol. The molecule has 0 saturated heterocycles. The zero-order valence-electron chi connectivity index (χ0n) is 9.16. The predicted molar refractivity (Wildman–Crippen MR) is 61.8 cm³/mol. The van der Waals surface area contributed by atoms with Crippen LogP contribution in [-0.2, 0) is 16.0 Å². The van der Waals surface area contributed by atoms with Crippen LogP contribution in [0.5, 0.6) is 0 Å². The zero-order chi connectivity index (χ0) is 11.3. The molecule has 1 heterocycles. The standard InChI is InChI=1S/C11H17NO2S/c1-11(2,8-12)10(13)14-6-5-9-4-3-7-15-9/h3-4,7H,5-6,8,12H2,1-2H3. The fourth-order valence-electron chi connectivity index (χ4n) is 0.978. The Hall–Kier alpha value is -0.870. The van der Waals surface area contributed by atoms with E-state index in [2.05, 4.69) is 0 Å². The lowest BCUT2D eigenvalue weighted by Gasteiger charge is -2.19. The van der Waals surface area contributed by atoms with Gasteiger partial charge in [0.05, 0.1) is 12.0 Å². The molecule has 0 aliphatic carbocycles. The minimum Gasteiger partial charge on any atom is -0.465 e. The van der Waals surface area contributed by atoms with Gasteiger partial charge in [0.15, 0.2) is 0 Å². The number of carbonyl (C=O) groups excluding carboxylic acids is 1. The lowest BCUT2D eigenvalue weighted by atomic mass is 9.94. The Morgan fingerprint density at radius 2 is 2.33 bits per heavy atom. The Balaban J connectivity index is 2.29. The van der Waals surface area contributed by atoms with Gasteiger partial charge in [-0.05, 0) is 25.3 Å². The van der Waals surface area contributed by atoms with Crippen molar-refractivity contribution in [3.8, 4) is 0 Å². The second-order valence-corrected chi connectivity index (χ2v) is 5.09. The normalized spacial score (nSPS) is 11.4. The molecule has 0 atom stereocenters. The van der Waals surface area contributed by atoms with Gasteiger partial charge in [-0.1, -0.05) is 6.07 Å². The summed E-state index contributed by atoms with van der Waals surface area (Å²) in [7, 11) is 0. The van der Waals surface area contributed by atoms with Crippen LogP contribution in [0.25, 0.3) is 0 Å². The van der Waals surface area contributed by atoms with Gasteiger partial charge < -0.3 is 10.5 Å². The van der Waals surface area contributed by atoms with Gasteiger partial charge in [-0.25, -0.2) is 0 Å². The highest BCUT2D eigenvalue weighted by Crippen LogP contribution is 2.15. The highest BCUT2D eigenvalue weighted by Gasteiger charge is 2.27. The van der Waals surface area contributed by atoms with Crippen LogP contribution in [-0.4, -0.2) is 19.1 Å². The lowest BCUT2D eigenvalue weighted by molar-refractivity contribution is -0.153.